The van der Waals surface area contributed by atoms with E-state index in [4.69, 9.17) is 16.3 Å². The normalized spacial score (nSPS) is 22.8. The van der Waals surface area contributed by atoms with Gasteiger partial charge in [-0.2, -0.15) is 0 Å². The highest BCUT2D eigenvalue weighted by molar-refractivity contribution is 6.30. The highest BCUT2D eigenvalue weighted by Gasteiger charge is 2.40. The average Bonchev–Trinajstić information content (AvgIpc) is 2.42. The third kappa shape index (κ3) is 2.78. The molecule has 20 heavy (non-hydrogen) atoms. The molecule has 0 spiro atoms. The molecule has 5 nitrogen and oxygen atoms in total. The lowest BCUT2D eigenvalue weighted by molar-refractivity contribution is -0.166. The summed E-state index contributed by atoms with van der Waals surface area (Å²) in [6.45, 7) is -0.0785. The monoisotopic (exact) mass is 296 g/mol. The number of hydrogen-bond acceptors (Lipinski definition) is 3. The zero-order valence-electron chi connectivity index (χ0n) is 11.7. The summed E-state index contributed by atoms with van der Waals surface area (Å²) in [5, 5.41) is 0.606. The first-order valence-electron chi connectivity index (χ1n) is 6.25. The second-order valence-corrected chi connectivity index (χ2v) is 5.40. The number of amides is 2. The van der Waals surface area contributed by atoms with E-state index in [-0.39, 0.29) is 18.4 Å². The van der Waals surface area contributed by atoms with Crippen LogP contribution in [0.4, 0.5) is 0 Å². The number of rotatable bonds is 2. The predicted molar refractivity (Wildman–Crippen MR) is 75.4 cm³/mol. The quantitative estimate of drug-likeness (QED) is 0.827. The van der Waals surface area contributed by atoms with E-state index in [2.05, 4.69) is 0 Å². The third-order valence-corrected chi connectivity index (χ3v) is 3.63. The topological polar surface area (TPSA) is 49.9 Å². The van der Waals surface area contributed by atoms with E-state index in [1.165, 1.54) is 4.90 Å². The molecular formula is C14H17ClN2O3. The van der Waals surface area contributed by atoms with Crippen molar-refractivity contribution in [1.29, 1.82) is 0 Å². The second-order valence-electron chi connectivity index (χ2n) is 4.97. The van der Waals surface area contributed by atoms with Crippen LogP contribution in [0.2, 0.25) is 5.02 Å². The maximum atomic E-state index is 12.2. The Kier molecular flexibility index (Phi) is 4.30. The lowest BCUT2D eigenvalue weighted by Gasteiger charge is -2.39. The van der Waals surface area contributed by atoms with Crippen LogP contribution in [0.25, 0.3) is 0 Å². The number of nitrogens with zero attached hydrogens (tertiary/aromatic N) is 2. The molecule has 1 aliphatic heterocycles. The second kappa shape index (κ2) is 5.81. The van der Waals surface area contributed by atoms with Crippen LogP contribution in [0.1, 0.15) is 11.6 Å². The summed E-state index contributed by atoms with van der Waals surface area (Å²) in [4.78, 5) is 27.1. The summed E-state index contributed by atoms with van der Waals surface area (Å²) in [6.07, 6.45) is -0.700. The summed E-state index contributed by atoms with van der Waals surface area (Å²) in [6, 6.07) is 6.65. The Morgan fingerprint density at radius 3 is 2.50 bits per heavy atom. The van der Waals surface area contributed by atoms with Crippen LogP contribution in [0, 0.1) is 0 Å². The van der Waals surface area contributed by atoms with Gasteiger partial charge in [0.1, 0.15) is 6.61 Å². The summed E-state index contributed by atoms with van der Waals surface area (Å²) >= 11 is 5.88. The summed E-state index contributed by atoms with van der Waals surface area (Å²) in [5.41, 5.74) is 0.824. The molecule has 0 saturated carbocycles. The minimum Gasteiger partial charge on any atom is -0.356 e. The van der Waals surface area contributed by atoms with Crippen molar-refractivity contribution in [3.63, 3.8) is 0 Å². The molecule has 0 N–H and O–H groups in total. The molecule has 2 rings (SSSR count). The van der Waals surface area contributed by atoms with Gasteiger partial charge in [-0.3, -0.25) is 9.59 Å². The van der Waals surface area contributed by atoms with Crippen molar-refractivity contribution in [3.8, 4) is 0 Å². The standard InChI is InChI=1S/C14H17ClN2O3/c1-16(2)14(19)13-12(17(3)11(18)8-20-13)9-4-6-10(15)7-5-9/h4-7,12-13H,8H2,1-3H3/t12-,13-/m0/s1. The summed E-state index contributed by atoms with van der Waals surface area (Å²) in [5.74, 6) is -0.308. The molecule has 1 heterocycles. The van der Waals surface area contributed by atoms with Crippen molar-refractivity contribution < 1.29 is 14.3 Å². The molecule has 1 fully saturated rings. The van der Waals surface area contributed by atoms with Crippen molar-refractivity contribution in [2.75, 3.05) is 27.7 Å². The molecule has 0 unspecified atom stereocenters. The minimum absolute atomic E-state index is 0.0785. The zero-order chi connectivity index (χ0) is 14.9. The fourth-order valence-corrected chi connectivity index (χ4v) is 2.36. The molecular weight excluding hydrogens is 280 g/mol. The Morgan fingerprint density at radius 1 is 1.35 bits per heavy atom. The van der Waals surface area contributed by atoms with Crippen LogP contribution in [-0.4, -0.2) is 55.5 Å². The van der Waals surface area contributed by atoms with Gasteiger partial charge in [0.05, 0.1) is 6.04 Å². The lowest BCUT2D eigenvalue weighted by atomic mass is 9.97. The van der Waals surface area contributed by atoms with Gasteiger partial charge < -0.3 is 14.5 Å². The van der Waals surface area contributed by atoms with Crippen LogP contribution in [0.3, 0.4) is 0 Å². The molecule has 0 aromatic heterocycles. The molecule has 0 radical (unpaired) electrons. The van der Waals surface area contributed by atoms with Crippen molar-refractivity contribution in [2.24, 2.45) is 0 Å². The van der Waals surface area contributed by atoms with Gasteiger partial charge in [0.15, 0.2) is 6.10 Å². The van der Waals surface area contributed by atoms with Gasteiger partial charge in [-0.1, -0.05) is 23.7 Å². The molecule has 1 saturated heterocycles. The largest absolute Gasteiger partial charge is 0.356 e. The van der Waals surface area contributed by atoms with Crippen molar-refractivity contribution in [3.05, 3.63) is 34.9 Å². The van der Waals surface area contributed by atoms with Crippen LogP contribution in [0.5, 0.6) is 0 Å². The highest BCUT2D eigenvalue weighted by atomic mass is 35.5. The third-order valence-electron chi connectivity index (χ3n) is 3.38. The summed E-state index contributed by atoms with van der Waals surface area (Å²) < 4.78 is 5.47. The highest BCUT2D eigenvalue weighted by Crippen LogP contribution is 2.30. The van der Waals surface area contributed by atoms with Gasteiger partial charge in [0, 0.05) is 26.2 Å². The van der Waals surface area contributed by atoms with Gasteiger partial charge in [0.2, 0.25) is 5.91 Å². The molecule has 2 atom stereocenters. The van der Waals surface area contributed by atoms with Gasteiger partial charge in [0.25, 0.3) is 5.91 Å². The van der Waals surface area contributed by atoms with Crippen LogP contribution < -0.4 is 0 Å². The van der Waals surface area contributed by atoms with E-state index in [9.17, 15) is 9.59 Å². The molecule has 2 amide bonds. The number of halogens is 1. The number of hydrogen-bond donors (Lipinski definition) is 0. The molecule has 1 aliphatic rings. The van der Waals surface area contributed by atoms with E-state index in [0.29, 0.717) is 5.02 Å². The van der Waals surface area contributed by atoms with Gasteiger partial charge in [-0.15, -0.1) is 0 Å². The molecule has 0 bridgehead atoms. The average molecular weight is 297 g/mol. The number of morpholine rings is 1. The molecule has 108 valence electrons. The Hall–Kier alpha value is -1.59. The van der Waals surface area contributed by atoms with E-state index in [0.717, 1.165) is 5.56 Å². The van der Waals surface area contributed by atoms with Gasteiger partial charge in [-0.05, 0) is 17.7 Å². The van der Waals surface area contributed by atoms with E-state index in [1.54, 1.807) is 50.3 Å². The Balaban J connectivity index is 2.37. The SMILES string of the molecule is CN(C)C(=O)[C@H]1OCC(=O)N(C)[C@H]1c1ccc(Cl)cc1. The fourth-order valence-electron chi connectivity index (χ4n) is 2.23. The number of carbonyl (C=O) groups excluding carboxylic acids is 2. The van der Waals surface area contributed by atoms with E-state index in [1.807, 2.05) is 0 Å². The van der Waals surface area contributed by atoms with Crippen LogP contribution in [-0.2, 0) is 14.3 Å². The lowest BCUT2D eigenvalue weighted by Crippen LogP contribution is -2.52. The fraction of sp³-hybridized carbons (Fsp3) is 0.429. The molecule has 1 aromatic carbocycles. The van der Waals surface area contributed by atoms with E-state index >= 15 is 0 Å². The minimum atomic E-state index is -0.700. The Bertz CT molecular complexity index is 516. The van der Waals surface area contributed by atoms with Gasteiger partial charge >= 0.3 is 0 Å². The van der Waals surface area contributed by atoms with Crippen LogP contribution >= 0.6 is 11.6 Å². The molecule has 0 aliphatic carbocycles. The molecule has 6 heteroatoms. The molecule has 1 aromatic rings. The maximum Gasteiger partial charge on any atom is 0.253 e. The summed E-state index contributed by atoms with van der Waals surface area (Å²) in [7, 11) is 5.02. The van der Waals surface area contributed by atoms with E-state index < -0.39 is 12.1 Å². The maximum absolute atomic E-state index is 12.2. The smallest absolute Gasteiger partial charge is 0.253 e. The van der Waals surface area contributed by atoms with Gasteiger partial charge in [-0.25, -0.2) is 0 Å². The van der Waals surface area contributed by atoms with Crippen molar-refractivity contribution >= 4 is 23.4 Å². The Labute approximate surface area is 123 Å². The van der Waals surface area contributed by atoms with Crippen molar-refractivity contribution in [2.45, 2.75) is 12.1 Å². The Morgan fingerprint density at radius 2 is 1.95 bits per heavy atom. The number of ether oxygens (including phenoxy) is 1. The number of benzene rings is 1. The zero-order valence-corrected chi connectivity index (χ0v) is 12.4. The van der Waals surface area contributed by atoms with Crippen LogP contribution in [0.15, 0.2) is 24.3 Å². The number of carbonyl (C=O) groups is 2. The number of likely N-dealkylation sites (N-methyl/N-ethyl adjacent to an activating group) is 2. The first kappa shape index (κ1) is 14.8. The first-order valence-corrected chi connectivity index (χ1v) is 6.63. The predicted octanol–water partition coefficient (Wildman–Crippen LogP) is 1.33. The first-order chi connectivity index (χ1) is 9.41. The van der Waals surface area contributed by atoms with Crippen molar-refractivity contribution in [1.82, 2.24) is 9.80 Å².